The Kier molecular flexibility index (Phi) is 3.59. The normalized spacial score (nSPS) is 23.2. The summed E-state index contributed by atoms with van der Waals surface area (Å²) in [4.78, 5) is 6.94. The van der Waals surface area contributed by atoms with Crippen molar-refractivity contribution in [3.63, 3.8) is 0 Å². The number of ether oxygens (including phenoxy) is 1. The molecule has 0 bridgehead atoms. The fourth-order valence-corrected chi connectivity index (χ4v) is 2.73. The molecule has 4 nitrogen and oxygen atoms in total. The Balaban J connectivity index is 2.13. The Morgan fingerprint density at radius 2 is 2.15 bits per heavy atom. The lowest BCUT2D eigenvalue weighted by atomic mass is 10.1. The van der Waals surface area contributed by atoms with Gasteiger partial charge in [0.05, 0.1) is 31.1 Å². The van der Waals surface area contributed by atoms with Crippen molar-refractivity contribution in [1.29, 1.82) is 0 Å². The molecule has 106 valence electrons. The van der Waals surface area contributed by atoms with E-state index in [9.17, 15) is 5.11 Å². The Labute approximate surface area is 119 Å². The van der Waals surface area contributed by atoms with Gasteiger partial charge in [0.25, 0.3) is 0 Å². The van der Waals surface area contributed by atoms with Crippen LogP contribution in [0.2, 0.25) is 0 Å². The zero-order valence-corrected chi connectivity index (χ0v) is 11.9. The van der Waals surface area contributed by atoms with Gasteiger partial charge in [-0.1, -0.05) is 24.3 Å². The molecule has 1 saturated heterocycles. The molecule has 2 aromatic rings. The van der Waals surface area contributed by atoms with Crippen LogP contribution >= 0.6 is 0 Å². The predicted octanol–water partition coefficient (Wildman–Crippen LogP) is 2.34. The van der Waals surface area contributed by atoms with Crippen molar-refractivity contribution in [3.8, 4) is 0 Å². The fourth-order valence-electron chi connectivity index (χ4n) is 2.73. The first-order chi connectivity index (χ1) is 9.69. The molecule has 1 aromatic heterocycles. The Morgan fingerprint density at radius 1 is 1.35 bits per heavy atom. The van der Waals surface area contributed by atoms with Crippen LogP contribution in [0.5, 0.6) is 0 Å². The van der Waals surface area contributed by atoms with Gasteiger partial charge in [0.1, 0.15) is 5.82 Å². The molecule has 0 amide bonds. The number of pyridine rings is 1. The number of rotatable bonds is 2. The molecule has 1 aliphatic rings. The first-order valence-corrected chi connectivity index (χ1v) is 7.07. The van der Waals surface area contributed by atoms with Gasteiger partial charge in [0.2, 0.25) is 0 Å². The third-order valence-electron chi connectivity index (χ3n) is 3.82. The lowest BCUT2D eigenvalue weighted by molar-refractivity contribution is 0.0341. The highest BCUT2D eigenvalue weighted by Crippen LogP contribution is 2.29. The zero-order chi connectivity index (χ0) is 14.1. The number of aromatic nitrogens is 1. The average Bonchev–Trinajstić information content (AvgIpc) is 2.48. The fraction of sp³-hybridized carbons (Fsp3) is 0.438. The van der Waals surface area contributed by atoms with Crippen molar-refractivity contribution >= 4 is 16.6 Å². The molecule has 20 heavy (non-hydrogen) atoms. The van der Waals surface area contributed by atoms with E-state index in [0.29, 0.717) is 12.3 Å². The van der Waals surface area contributed by atoms with Crippen LogP contribution in [-0.2, 0) is 11.3 Å². The van der Waals surface area contributed by atoms with E-state index in [1.165, 1.54) is 0 Å². The molecular formula is C16H20N2O2. The van der Waals surface area contributed by atoms with Gasteiger partial charge in [-0.15, -0.1) is 0 Å². The summed E-state index contributed by atoms with van der Waals surface area (Å²) in [6.07, 6.45) is 0.199. The van der Waals surface area contributed by atoms with E-state index in [0.717, 1.165) is 23.1 Å². The quantitative estimate of drug-likeness (QED) is 0.911. The van der Waals surface area contributed by atoms with Crippen molar-refractivity contribution in [2.75, 3.05) is 18.1 Å². The minimum absolute atomic E-state index is 0.0356. The SMILES string of the molecule is CC1CN(c2nc(CO)cc3ccccc23)C(C)CO1. The third kappa shape index (κ3) is 2.37. The number of morpholine rings is 1. The van der Waals surface area contributed by atoms with E-state index < -0.39 is 0 Å². The van der Waals surface area contributed by atoms with Gasteiger partial charge < -0.3 is 14.7 Å². The molecule has 0 saturated carbocycles. The highest BCUT2D eigenvalue weighted by atomic mass is 16.5. The number of aliphatic hydroxyl groups is 1. The molecule has 2 unspecified atom stereocenters. The lowest BCUT2D eigenvalue weighted by Gasteiger charge is -2.38. The molecular weight excluding hydrogens is 252 g/mol. The summed E-state index contributed by atoms with van der Waals surface area (Å²) in [6.45, 7) is 5.73. The zero-order valence-electron chi connectivity index (χ0n) is 11.9. The number of nitrogens with zero attached hydrogens (tertiary/aromatic N) is 2. The van der Waals surface area contributed by atoms with Crippen LogP contribution in [0.3, 0.4) is 0 Å². The van der Waals surface area contributed by atoms with Crippen molar-refractivity contribution in [3.05, 3.63) is 36.0 Å². The number of hydrogen-bond donors (Lipinski definition) is 1. The summed E-state index contributed by atoms with van der Waals surface area (Å²) in [5, 5.41) is 11.7. The van der Waals surface area contributed by atoms with E-state index in [-0.39, 0.29) is 18.8 Å². The van der Waals surface area contributed by atoms with Crippen LogP contribution in [0.4, 0.5) is 5.82 Å². The van der Waals surface area contributed by atoms with Gasteiger partial charge in [-0.05, 0) is 25.3 Å². The minimum Gasteiger partial charge on any atom is -0.390 e. The molecule has 1 aromatic carbocycles. The number of anilines is 1. The standard InChI is InChI=1S/C16H20N2O2/c1-11-10-20-12(2)8-18(11)16-15-6-4-3-5-13(15)7-14(9-19)17-16/h3-7,11-12,19H,8-10H2,1-2H3. The number of hydrogen-bond acceptors (Lipinski definition) is 4. The van der Waals surface area contributed by atoms with Crippen molar-refractivity contribution in [1.82, 2.24) is 4.98 Å². The third-order valence-corrected chi connectivity index (χ3v) is 3.82. The summed E-state index contributed by atoms with van der Waals surface area (Å²) in [7, 11) is 0. The van der Waals surface area contributed by atoms with Crippen LogP contribution in [0, 0.1) is 0 Å². The van der Waals surface area contributed by atoms with Crippen LogP contribution in [-0.4, -0.2) is 35.4 Å². The molecule has 4 heteroatoms. The van der Waals surface area contributed by atoms with Gasteiger partial charge in [0, 0.05) is 11.9 Å². The van der Waals surface area contributed by atoms with Gasteiger partial charge in [0.15, 0.2) is 0 Å². The number of benzene rings is 1. The molecule has 1 fully saturated rings. The largest absolute Gasteiger partial charge is 0.390 e. The molecule has 1 N–H and O–H groups in total. The lowest BCUT2D eigenvalue weighted by Crippen LogP contribution is -2.48. The van der Waals surface area contributed by atoms with Gasteiger partial charge in [-0.2, -0.15) is 0 Å². The maximum absolute atomic E-state index is 9.43. The Bertz CT molecular complexity index is 614. The summed E-state index contributed by atoms with van der Waals surface area (Å²) >= 11 is 0. The molecule has 3 rings (SSSR count). The summed E-state index contributed by atoms with van der Waals surface area (Å²) < 4.78 is 5.69. The highest BCUT2D eigenvalue weighted by Gasteiger charge is 2.26. The van der Waals surface area contributed by atoms with Crippen molar-refractivity contribution in [2.45, 2.75) is 32.6 Å². The van der Waals surface area contributed by atoms with Crippen molar-refractivity contribution in [2.24, 2.45) is 0 Å². The second-order valence-electron chi connectivity index (χ2n) is 5.46. The second kappa shape index (κ2) is 5.38. The Hall–Kier alpha value is -1.65. The molecule has 2 atom stereocenters. The van der Waals surface area contributed by atoms with Crippen LogP contribution in [0.1, 0.15) is 19.5 Å². The van der Waals surface area contributed by atoms with Gasteiger partial charge >= 0.3 is 0 Å². The monoisotopic (exact) mass is 272 g/mol. The van der Waals surface area contributed by atoms with E-state index in [1.807, 2.05) is 18.2 Å². The first-order valence-electron chi connectivity index (χ1n) is 7.07. The number of fused-ring (bicyclic) bond motifs is 1. The van der Waals surface area contributed by atoms with Crippen LogP contribution < -0.4 is 4.90 Å². The van der Waals surface area contributed by atoms with Crippen molar-refractivity contribution < 1.29 is 9.84 Å². The predicted molar refractivity (Wildman–Crippen MR) is 79.9 cm³/mol. The average molecular weight is 272 g/mol. The van der Waals surface area contributed by atoms with Crippen LogP contribution in [0.15, 0.2) is 30.3 Å². The summed E-state index contributed by atoms with van der Waals surface area (Å²) in [6, 6.07) is 10.4. The molecule has 0 aliphatic carbocycles. The Morgan fingerprint density at radius 3 is 2.95 bits per heavy atom. The van der Waals surface area contributed by atoms with E-state index in [2.05, 4.69) is 35.9 Å². The smallest absolute Gasteiger partial charge is 0.137 e. The molecule has 0 spiro atoms. The molecule has 0 radical (unpaired) electrons. The topological polar surface area (TPSA) is 45.6 Å². The molecule has 1 aliphatic heterocycles. The van der Waals surface area contributed by atoms with E-state index in [1.54, 1.807) is 0 Å². The number of aliphatic hydroxyl groups excluding tert-OH is 1. The highest BCUT2D eigenvalue weighted by molar-refractivity contribution is 5.92. The molecule has 2 heterocycles. The second-order valence-corrected chi connectivity index (χ2v) is 5.46. The first kappa shape index (κ1) is 13.3. The van der Waals surface area contributed by atoms with E-state index >= 15 is 0 Å². The van der Waals surface area contributed by atoms with Crippen LogP contribution in [0.25, 0.3) is 10.8 Å². The van der Waals surface area contributed by atoms with Gasteiger partial charge in [-0.25, -0.2) is 4.98 Å². The summed E-state index contributed by atoms with van der Waals surface area (Å²) in [5.41, 5.74) is 0.713. The summed E-state index contributed by atoms with van der Waals surface area (Å²) in [5.74, 6) is 0.954. The minimum atomic E-state index is -0.0356. The van der Waals surface area contributed by atoms with Gasteiger partial charge in [-0.3, -0.25) is 0 Å². The maximum atomic E-state index is 9.43. The maximum Gasteiger partial charge on any atom is 0.137 e. The van der Waals surface area contributed by atoms with E-state index in [4.69, 9.17) is 4.74 Å².